The maximum Gasteiger partial charge on any atom is 0.295 e. The molecule has 0 saturated carbocycles. The molecule has 61 heavy (non-hydrogen) atoms. The van der Waals surface area contributed by atoms with Gasteiger partial charge in [-0.2, -0.15) is 9.97 Å². The molecular formula is C45H40Cl2N8O6. The Bertz CT molecular complexity index is 2800. The van der Waals surface area contributed by atoms with Gasteiger partial charge in [0.05, 0.1) is 6.20 Å². The van der Waals surface area contributed by atoms with Crippen molar-refractivity contribution in [2.24, 2.45) is 11.8 Å². The van der Waals surface area contributed by atoms with Crippen LogP contribution in [0, 0.1) is 18.8 Å². The van der Waals surface area contributed by atoms with Gasteiger partial charge in [0.25, 0.3) is 23.8 Å². The molecule has 0 bridgehead atoms. The van der Waals surface area contributed by atoms with Gasteiger partial charge in [-0.25, -0.2) is 0 Å². The number of carbonyl (C=O) groups excluding carboxylic acids is 2. The van der Waals surface area contributed by atoms with Crippen LogP contribution < -0.4 is 10.6 Å². The van der Waals surface area contributed by atoms with Crippen molar-refractivity contribution in [3.05, 3.63) is 130 Å². The second kappa shape index (κ2) is 17.5. The van der Waals surface area contributed by atoms with Gasteiger partial charge in [-0.15, -0.1) is 0 Å². The predicted molar refractivity (Wildman–Crippen MR) is 232 cm³/mol. The summed E-state index contributed by atoms with van der Waals surface area (Å²) in [5, 5.41) is 15.7. The fraction of sp³-hybridized carbons (Fsp3) is 0.244. The quantitative estimate of drug-likeness (QED) is 0.134. The zero-order chi connectivity index (χ0) is 41.9. The van der Waals surface area contributed by atoms with Crippen LogP contribution in [-0.4, -0.2) is 81.2 Å². The number of halogens is 2. The summed E-state index contributed by atoms with van der Waals surface area (Å²) < 4.78 is 22.1. The van der Waals surface area contributed by atoms with Gasteiger partial charge in [0.2, 0.25) is 0 Å². The third-order valence-corrected chi connectivity index (χ3v) is 11.4. The number of oxazole rings is 2. The van der Waals surface area contributed by atoms with Crippen molar-refractivity contribution in [1.29, 1.82) is 0 Å². The Morgan fingerprint density at radius 1 is 0.705 bits per heavy atom. The summed E-state index contributed by atoms with van der Waals surface area (Å²) in [4.78, 5) is 38.8. The van der Waals surface area contributed by atoms with Gasteiger partial charge in [-0.05, 0) is 55.9 Å². The molecule has 2 fully saturated rings. The molecule has 16 heteroatoms. The highest BCUT2D eigenvalue weighted by atomic mass is 35.5. The molecule has 8 aromatic rings. The number of fused-ring (bicyclic) bond motifs is 2. The summed E-state index contributed by atoms with van der Waals surface area (Å²) in [6, 6.07) is 30.8. The van der Waals surface area contributed by atoms with Gasteiger partial charge in [0, 0.05) is 72.6 Å². The Morgan fingerprint density at radius 3 is 1.82 bits per heavy atom. The minimum atomic E-state index is -0.0610. The van der Waals surface area contributed by atoms with Crippen molar-refractivity contribution in [2.45, 2.75) is 19.8 Å². The number of nitrogens with zero attached hydrogens (tertiary/aromatic N) is 6. The van der Waals surface area contributed by atoms with Crippen LogP contribution in [-0.2, 0) is 0 Å². The Hall–Kier alpha value is -6.64. The topological polar surface area (TPSA) is 169 Å². The van der Waals surface area contributed by atoms with Crippen LogP contribution in [0.2, 0.25) is 10.0 Å². The van der Waals surface area contributed by atoms with E-state index in [1.807, 2.05) is 82.6 Å². The van der Waals surface area contributed by atoms with Crippen LogP contribution in [0.1, 0.15) is 39.3 Å². The van der Waals surface area contributed by atoms with Crippen LogP contribution in [0.3, 0.4) is 0 Å². The third-order valence-electron chi connectivity index (χ3n) is 10.9. The molecule has 2 saturated heterocycles. The maximum absolute atomic E-state index is 13.3. The van der Waals surface area contributed by atoms with Gasteiger partial charge in [0.1, 0.15) is 33.6 Å². The van der Waals surface area contributed by atoms with Gasteiger partial charge < -0.3 is 38.3 Å². The zero-order valence-corrected chi connectivity index (χ0v) is 34.5. The lowest BCUT2D eigenvalue weighted by atomic mass is 10.1. The average Bonchev–Trinajstić information content (AvgIpc) is 4.15. The first-order valence-corrected chi connectivity index (χ1v) is 20.7. The Morgan fingerprint density at radius 2 is 1.25 bits per heavy atom. The first-order chi connectivity index (χ1) is 29.8. The molecule has 0 spiro atoms. The maximum atomic E-state index is 13.3. The molecule has 0 radical (unpaired) electrons. The SMILES string of the molecule is Cc1onc(-c2ccccc2)c1C(=O)N1CC[C@@H](CNc2nc3ccc(Cl)cc3o2)C1.O=C(c1cnoc1-c1ccccc1)N1CC[C@@H](CNc2nc3ccc(Cl)cc3o2)C1. The second-order valence-corrected chi connectivity index (χ2v) is 16.0. The van der Waals surface area contributed by atoms with E-state index in [-0.39, 0.29) is 11.8 Å². The fourth-order valence-electron chi connectivity index (χ4n) is 7.71. The molecule has 310 valence electrons. The molecule has 2 aliphatic heterocycles. The Kier molecular flexibility index (Phi) is 11.4. The van der Waals surface area contributed by atoms with Gasteiger partial charge >= 0.3 is 0 Å². The van der Waals surface area contributed by atoms with Gasteiger partial charge in [0.15, 0.2) is 16.9 Å². The van der Waals surface area contributed by atoms with E-state index < -0.39 is 0 Å². The standard InChI is InChI=1S/C23H21ClN4O3.C22H19ClN4O3/c1-14-20(21(27-31-14)16-5-3-2-4-6-16)22(29)28-10-9-15(13-28)12-25-23-26-18-8-7-17(24)11-19(18)30-23;23-16-6-7-18-19(10-16)29-22(26-18)24-11-14-8-9-27(13-14)21(28)17-12-25-30-20(17)15-4-2-1-3-5-15/h2-8,11,15H,9-10,12-13H2,1H3,(H,25,26);1-7,10,12,14H,8-9,11,13H2,(H,24,26)/t15-;14-/m00/s1. The largest absolute Gasteiger partial charge is 0.424 e. The van der Waals surface area contributed by atoms with E-state index in [0.29, 0.717) is 113 Å². The van der Waals surface area contributed by atoms with E-state index in [4.69, 9.17) is 41.1 Å². The average molecular weight is 860 g/mol. The first kappa shape index (κ1) is 39.8. The van der Waals surface area contributed by atoms with E-state index in [1.165, 1.54) is 6.20 Å². The van der Waals surface area contributed by atoms with Crippen molar-refractivity contribution in [2.75, 3.05) is 49.9 Å². The number of carbonyl (C=O) groups is 2. The van der Waals surface area contributed by atoms with E-state index >= 15 is 0 Å². The molecule has 0 unspecified atom stereocenters. The highest BCUT2D eigenvalue weighted by Gasteiger charge is 2.32. The molecule has 4 aromatic heterocycles. The highest BCUT2D eigenvalue weighted by Crippen LogP contribution is 2.31. The molecule has 6 heterocycles. The minimum absolute atomic E-state index is 0.0448. The van der Waals surface area contributed by atoms with Crippen LogP contribution in [0.15, 0.2) is 121 Å². The predicted octanol–water partition coefficient (Wildman–Crippen LogP) is 9.73. The number of benzene rings is 4. The lowest BCUT2D eigenvalue weighted by Gasteiger charge is -2.17. The number of hydrogen-bond donors (Lipinski definition) is 2. The Labute approximate surface area is 359 Å². The molecule has 14 nitrogen and oxygen atoms in total. The fourth-order valence-corrected chi connectivity index (χ4v) is 8.04. The lowest BCUT2D eigenvalue weighted by molar-refractivity contribution is 0.0779. The van der Waals surface area contributed by atoms with Crippen molar-refractivity contribution in [3.8, 4) is 22.6 Å². The van der Waals surface area contributed by atoms with Gasteiger partial charge in [-0.1, -0.05) is 94.2 Å². The monoisotopic (exact) mass is 858 g/mol. The molecule has 2 aliphatic rings. The van der Waals surface area contributed by atoms with Crippen LogP contribution >= 0.6 is 23.2 Å². The van der Waals surface area contributed by atoms with E-state index in [9.17, 15) is 9.59 Å². The van der Waals surface area contributed by atoms with Crippen molar-refractivity contribution < 1.29 is 27.5 Å². The zero-order valence-electron chi connectivity index (χ0n) is 33.0. The van der Waals surface area contributed by atoms with Crippen LogP contribution in [0.25, 0.3) is 44.8 Å². The summed E-state index contributed by atoms with van der Waals surface area (Å²) in [5.41, 5.74) is 6.14. The number of amides is 2. The van der Waals surface area contributed by atoms with Crippen LogP contribution in [0.4, 0.5) is 12.0 Å². The number of aryl methyl sites for hydroxylation is 1. The third kappa shape index (κ3) is 8.82. The molecule has 2 N–H and O–H groups in total. The summed E-state index contributed by atoms with van der Waals surface area (Å²) in [6.07, 6.45) is 3.30. The number of aromatic nitrogens is 4. The van der Waals surface area contributed by atoms with Crippen LogP contribution in [0.5, 0.6) is 0 Å². The minimum Gasteiger partial charge on any atom is -0.424 e. The summed E-state index contributed by atoms with van der Waals surface area (Å²) in [7, 11) is 0. The van der Waals surface area contributed by atoms with Crippen molar-refractivity contribution >= 4 is 69.2 Å². The van der Waals surface area contributed by atoms with Crippen molar-refractivity contribution in [3.63, 3.8) is 0 Å². The molecular weight excluding hydrogens is 819 g/mol. The first-order valence-electron chi connectivity index (χ1n) is 20.0. The van der Waals surface area contributed by atoms with E-state index in [1.54, 1.807) is 31.2 Å². The van der Waals surface area contributed by atoms with E-state index in [2.05, 4.69) is 30.9 Å². The highest BCUT2D eigenvalue weighted by molar-refractivity contribution is 6.31. The second-order valence-electron chi connectivity index (χ2n) is 15.1. The van der Waals surface area contributed by atoms with Gasteiger partial charge in [-0.3, -0.25) is 9.59 Å². The molecule has 10 rings (SSSR count). The molecule has 4 aromatic carbocycles. The molecule has 0 aliphatic carbocycles. The van der Waals surface area contributed by atoms with Crippen molar-refractivity contribution in [1.82, 2.24) is 30.1 Å². The number of hydrogen-bond acceptors (Lipinski definition) is 12. The summed E-state index contributed by atoms with van der Waals surface area (Å²) >= 11 is 12.0. The lowest BCUT2D eigenvalue weighted by Crippen LogP contribution is -2.30. The number of anilines is 2. The normalized spacial score (nSPS) is 16.2. The number of rotatable bonds is 10. The Balaban J connectivity index is 0.000000156. The van der Waals surface area contributed by atoms with E-state index in [0.717, 1.165) is 35.0 Å². The summed E-state index contributed by atoms with van der Waals surface area (Å²) in [6.45, 7) is 5.79. The summed E-state index contributed by atoms with van der Waals surface area (Å²) in [5.74, 6) is 1.53. The number of likely N-dealkylation sites (tertiary alicyclic amines) is 2. The molecule has 2 amide bonds. The smallest absolute Gasteiger partial charge is 0.295 e. The molecule has 2 atom stereocenters. The number of nitrogens with one attached hydrogen (secondary N) is 2.